The molecule has 0 amide bonds. The number of thiocarbonyl (C=S) groups is 1. The summed E-state index contributed by atoms with van der Waals surface area (Å²) in [5.41, 5.74) is 3.89. The van der Waals surface area contributed by atoms with E-state index in [4.69, 9.17) is 17.5 Å². The lowest BCUT2D eigenvalue weighted by Crippen LogP contribution is -1.91. The van der Waals surface area contributed by atoms with Crippen LogP contribution in [0.3, 0.4) is 0 Å². The van der Waals surface area contributed by atoms with Gasteiger partial charge in [0.05, 0.1) is 11.6 Å². The van der Waals surface area contributed by atoms with Crippen LogP contribution in [0.4, 0.5) is 0 Å². The molecular formula is C17H13NS. The van der Waals surface area contributed by atoms with Crippen LogP contribution in [0.5, 0.6) is 0 Å². The van der Waals surface area contributed by atoms with Gasteiger partial charge >= 0.3 is 0 Å². The number of allylic oxidation sites excluding steroid dienone is 1. The first-order valence-electron chi connectivity index (χ1n) is 5.98. The Bertz CT molecular complexity index is 660. The van der Waals surface area contributed by atoms with E-state index in [1.807, 2.05) is 54.6 Å². The fraction of sp³-hybridized carbons (Fsp3) is 0.0588. The predicted octanol–water partition coefficient (Wildman–Crippen LogP) is 4.30. The van der Waals surface area contributed by atoms with Crippen LogP contribution in [0.15, 0.2) is 54.6 Å². The molecule has 0 spiro atoms. The summed E-state index contributed by atoms with van der Waals surface area (Å²) in [5, 5.41) is 8.84. The van der Waals surface area contributed by atoms with Crippen LogP contribution in [0, 0.1) is 18.3 Å². The van der Waals surface area contributed by atoms with Crippen molar-refractivity contribution in [2.24, 2.45) is 0 Å². The van der Waals surface area contributed by atoms with Gasteiger partial charge in [0.1, 0.15) is 0 Å². The van der Waals surface area contributed by atoms with Crippen molar-refractivity contribution in [2.75, 3.05) is 0 Å². The third kappa shape index (κ3) is 3.61. The Balaban J connectivity index is 2.16. The van der Waals surface area contributed by atoms with E-state index < -0.39 is 0 Å². The Morgan fingerprint density at radius 1 is 1.16 bits per heavy atom. The maximum atomic E-state index is 8.84. The van der Waals surface area contributed by atoms with Crippen LogP contribution in [-0.2, 0) is 0 Å². The Hall–Kier alpha value is -2.24. The van der Waals surface area contributed by atoms with Crippen LogP contribution in [-0.4, -0.2) is 4.86 Å². The largest absolute Gasteiger partial charge is 0.192 e. The first-order chi connectivity index (χ1) is 9.19. The molecule has 0 aliphatic rings. The van der Waals surface area contributed by atoms with Gasteiger partial charge in [-0.05, 0) is 36.3 Å². The smallest absolute Gasteiger partial charge is 0.0991 e. The van der Waals surface area contributed by atoms with Crippen LogP contribution in [0.1, 0.15) is 22.3 Å². The minimum Gasteiger partial charge on any atom is -0.192 e. The topological polar surface area (TPSA) is 23.8 Å². The molecule has 0 aliphatic heterocycles. The molecule has 0 saturated heterocycles. The number of benzene rings is 2. The van der Waals surface area contributed by atoms with Crippen molar-refractivity contribution in [1.29, 1.82) is 5.26 Å². The molecule has 2 aromatic carbocycles. The minimum absolute atomic E-state index is 0.656. The van der Waals surface area contributed by atoms with E-state index in [0.29, 0.717) is 5.56 Å². The molecule has 2 rings (SSSR count). The van der Waals surface area contributed by atoms with E-state index in [1.165, 1.54) is 5.56 Å². The second-order valence-corrected chi connectivity index (χ2v) is 4.74. The summed E-state index contributed by atoms with van der Waals surface area (Å²) >= 11 is 5.37. The highest BCUT2D eigenvalue weighted by atomic mass is 32.1. The molecule has 0 saturated carbocycles. The van der Waals surface area contributed by atoms with Crippen LogP contribution in [0.25, 0.3) is 6.08 Å². The van der Waals surface area contributed by atoms with Crippen molar-refractivity contribution < 1.29 is 0 Å². The second-order valence-electron chi connectivity index (χ2n) is 4.30. The summed E-state index contributed by atoms with van der Waals surface area (Å²) in [6, 6.07) is 17.7. The van der Waals surface area contributed by atoms with Crippen molar-refractivity contribution in [3.63, 3.8) is 0 Å². The van der Waals surface area contributed by atoms with Gasteiger partial charge in [0.15, 0.2) is 0 Å². The highest BCUT2D eigenvalue weighted by Crippen LogP contribution is 2.10. The highest BCUT2D eigenvalue weighted by Gasteiger charge is 1.97. The number of nitrogens with zero attached hydrogens (tertiary/aromatic N) is 1. The average molecular weight is 263 g/mol. The van der Waals surface area contributed by atoms with Crippen molar-refractivity contribution in [3.8, 4) is 6.07 Å². The molecule has 0 aromatic heterocycles. The second kappa shape index (κ2) is 6.08. The van der Waals surface area contributed by atoms with E-state index in [0.717, 1.165) is 16.0 Å². The van der Waals surface area contributed by atoms with Crippen LogP contribution < -0.4 is 0 Å². The van der Waals surface area contributed by atoms with Gasteiger partial charge in [-0.25, -0.2) is 0 Å². The molecule has 0 fully saturated rings. The van der Waals surface area contributed by atoms with Crippen molar-refractivity contribution in [1.82, 2.24) is 0 Å². The minimum atomic E-state index is 0.656. The van der Waals surface area contributed by atoms with Gasteiger partial charge in [-0.15, -0.1) is 0 Å². The zero-order valence-corrected chi connectivity index (χ0v) is 11.4. The van der Waals surface area contributed by atoms with Crippen molar-refractivity contribution in [3.05, 3.63) is 76.9 Å². The molecular weight excluding hydrogens is 250 g/mol. The number of rotatable bonds is 3. The highest BCUT2D eigenvalue weighted by molar-refractivity contribution is 7.81. The summed E-state index contributed by atoms with van der Waals surface area (Å²) in [7, 11) is 0. The van der Waals surface area contributed by atoms with E-state index in [9.17, 15) is 0 Å². The quantitative estimate of drug-likeness (QED) is 0.468. The lowest BCUT2D eigenvalue weighted by molar-refractivity contribution is 1.47. The van der Waals surface area contributed by atoms with Crippen LogP contribution >= 0.6 is 12.2 Å². The molecule has 19 heavy (non-hydrogen) atoms. The molecule has 2 aromatic rings. The zero-order valence-electron chi connectivity index (χ0n) is 10.6. The normalized spacial score (nSPS) is 10.3. The summed E-state index contributed by atoms with van der Waals surface area (Å²) in [4.78, 5) is 0.794. The third-order valence-electron chi connectivity index (χ3n) is 2.78. The summed E-state index contributed by atoms with van der Waals surface area (Å²) in [6.07, 6.45) is 3.83. The van der Waals surface area contributed by atoms with Gasteiger partial charge in [-0.2, -0.15) is 5.26 Å². The number of hydrogen-bond donors (Lipinski definition) is 0. The maximum Gasteiger partial charge on any atom is 0.0991 e. The van der Waals surface area contributed by atoms with E-state index >= 15 is 0 Å². The predicted molar refractivity (Wildman–Crippen MR) is 83.1 cm³/mol. The van der Waals surface area contributed by atoms with E-state index in [2.05, 4.69) is 13.0 Å². The molecule has 0 N–H and O–H groups in total. The van der Waals surface area contributed by atoms with Gasteiger partial charge in [-0.1, -0.05) is 60.3 Å². The summed E-state index contributed by atoms with van der Waals surface area (Å²) < 4.78 is 0. The fourth-order valence-corrected chi connectivity index (χ4v) is 1.90. The molecule has 0 atom stereocenters. The molecule has 0 unspecified atom stereocenters. The number of hydrogen-bond acceptors (Lipinski definition) is 2. The zero-order chi connectivity index (χ0) is 13.7. The Morgan fingerprint density at radius 3 is 2.58 bits per heavy atom. The average Bonchev–Trinajstić information content (AvgIpc) is 2.46. The van der Waals surface area contributed by atoms with E-state index in [-0.39, 0.29) is 0 Å². The van der Waals surface area contributed by atoms with Crippen molar-refractivity contribution in [2.45, 2.75) is 6.92 Å². The Labute approximate surface area is 118 Å². The van der Waals surface area contributed by atoms with E-state index in [1.54, 1.807) is 6.07 Å². The molecule has 0 bridgehead atoms. The SMILES string of the molecule is Cc1ccc(C(=S)C=Cc2cccc(C#N)c2)cc1. The Morgan fingerprint density at radius 2 is 1.89 bits per heavy atom. The summed E-state index contributed by atoms with van der Waals surface area (Å²) in [6.45, 7) is 2.05. The standard InChI is InChI=1S/C17H13NS/c1-13-5-8-16(9-6-13)17(19)10-7-14-3-2-4-15(11-14)12-18/h2-11H,1H3. The van der Waals surface area contributed by atoms with Gasteiger partial charge in [-0.3, -0.25) is 0 Å². The maximum absolute atomic E-state index is 8.84. The van der Waals surface area contributed by atoms with Gasteiger partial charge in [0.25, 0.3) is 0 Å². The van der Waals surface area contributed by atoms with Gasteiger partial charge < -0.3 is 0 Å². The number of aryl methyl sites for hydroxylation is 1. The summed E-state index contributed by atoms with van der Waals surface area (Å²) in [5.74, 6) is 0. The molecule has 0 heterocycles. The molecule has 1 nitrogen and oxygen atoms in total. The molecule has 0 radical (unpaired) electrons. The lowest BCUT2D eigenvalue weighted by atomic mass is 10.1. The molecule has 92 valence electrons. The third-order valence-corrected chi connectivity index (χ3v) is 3.15. The first-order valence-corrected chi connectivity index (χ1v) is 6.39. The van der Waals surface area contributed by atoms with Gasteiger partial charge in [0.2, 0.25) is 0 Å². The fourth-order valence-electron chi connectivity index (χ4n) is 1.70. The first kappa shape index (κ1) is 13.2. The lowest BCUT2D eigenvalue weighted by Gasteiger charge is -1.99. The molecule has 2 heteroatoms. The van der Waals surface area contributed by atoms with Crippen LogP contribution in [0.2, 0.25) is 0 Å². The van der Waals surface area contributed by atoms with Crippen molar-refractivity contribution >= 4 is 23.2 Å². The Kier molecular flexibility index (Phi) is 4.22. The monoisotopic (exact) mass is 263 g/mol. The number of nitriles is 1. The van der Waals surface area contributed by atoms with Gasteiger partial charge in [0, 0.05) is 4.86 Å². The molecule has 0 aliphatic carbocycles.